The molecule has 0 radical (unpaired) electrons. The Morgan fingerprint density at radius 3 is 1.53 bits per heavy atom. The first-order chi connectivity index (χ1) is 28.6. The van der Waals surface area contributed by atoms with Crippen LogP contribution in [-0.4, -0.2) is 31.5 Å². The highest BCUT2D eigenvalue weighted by Crippen LogP contribution is 2.33. The van der Waals surface area contributed by atoms with E-state index in [1.165, 1.54) is 18.3 Å². The number of rotatable bonds is 8. The van der Waals surface area contributed by atoms with Gasteiger partial charge < -0.3 is 9.97 Å². The van der Waals surface area contributed by atoms with Crippen LogP contribution in [0.25, 0.3) is 61.1 Å². The summed E-state index contributed by atoms with van der Waals surface area (Å²) in [5.74, 6) is -0.850. The molecule has 8 aromatic rings. The number of carbonyl (C=O) groups excluding carboxylic acids is 2. The van der Waals surface area contributed by atoms with Crippen molar-refractivity contribution < 1.29 is 9.59 Å². The molecule has 4 aromatic heterocycles. The molecule has 4 heterocycles. The van der Waals surface area contributed by atoms with Gasteiger partial charge in [-0.25, -0.2) is 4.85 Å². The topological polar surface area (TPSA) is 130 Å². The standard InChI is InChI=1S/C24H14ClN3O2.C23H14BrClN2O2/c1-26-18-11-15(13-27-14-18)7-10-21(29)23-22(16-5-3-2-4-6-16)19-12-17(25)8-9-20(19)28-24(23)30;24-16-10-14(12-26-13-16)6-9-20(28)22-21(15-4-2-1-3-5-15)18-11-17(25)7-8-19(18)27-23(22)29/h2-14H,(H,28,30);1-13H,(H,27,29)/b10-7+;9-6+. The number of hydrogen-bond donors (Lipinski definition) is 2. The van der Waals surface area contributed by atoms with E-state index in [1.54, 1.807) is 73.2 Å². The molecule has 4 aromatic carbocycles. The summed E-state index contributed by atoms with van der Waals surface area (Å²) < 4.78 is 0.801. The number of carbonyl (C=O) groups is 2. The number of allylic oxidation sites excluding steroid dienone is 2. The Balaban J connectivity index is 0.000000179. The Kier molecular flexibility index (Phi) is 12.3. The summed E-state index contributed by atoms with van der Waals surface area (Å²) in [5.41, 5.74) is 4.70. The van der Waals surface area contributed by atoms with E-state index in [2.05, 4.69) is 40.7 Å². The summed E-state index contributed by atoms with van der Waals surface area (Å²) in [7, 11) is 0. The minimum atomic E-state index is -0.480. The molecule has 9 nitrogen and oxygen atoms in total. The van der Waals surface area contributed by atoms with Gasteiger partial charge in [0.2, 0.25) is 5.69 Å². The highest BCUT2D eigenvalue weighted by Gasteiger charge is 2.21. The molecule has 0 fully saturated rings. The highest BCUT2D eigenvalue weighted by atomic mass is 79.9. The lowest BCUT2D eigenvalue weighted by atomic mass is 9.94. The maximum Gasteiger partial charge on any atom is 0.260 e. The molecule has 0 bridgehead atoms. The molecule has 0 aliphatic heterocycles. The molecule has 0 unspecified atom stereocenters. The van der Waals surface area contributed by atoms with Gasteiger partial charge in [0.05, 0.1) is 17.7 Å². The second-order valence-electron chi connectivity index (χ2n) is 12.9. The molecule has 8 rings (SSSR count). The minimum Gasteiger partial charge on any atom is -0.321 e. The third-order valence-corrected chi connectivity index (χ3v) is 9.93. The number of ketones is 2. The van der Waals surface area contributed by atoms with Crippen LogP contribution in [0.4, 0.5) is 5.69 Å². The van der Waals surface area contributed by atoms with Crippen LogP contribution in [0.15, 0.2) is 160 Å². The molecule has 0 amide bonds. The number of pyridine rings is 4. The zero-order chi connectivity index (χ0) is 41.5. The molecule has 286 valence electrons. The van der Waals surface area contributed by atoms with E-state index >= 15 is 0 Å². The van der Waals surface area contributed by atoms with Gasteiger partial charge in [0.1, 0.15) is 0 Å². The lowest BCUT2D eigenvalue weighted by Crippen LogP contribution is -2.18. The Morgan fingerprint density at radius 1 is 0.610 bits per heavy atom. The van der Waals surface area contributed by atoms with E-state index in [0.29, 0.717) is 54.2 Å². The van der Waals surface area contributed by atoms with Crippen LogP contribution in [0.2, 0.25) is 10.0 Å². The van der Waals surface area contributed by atoms with Crippen molar-refractivity contribution in [1.82, 2.24) is 19.9 Å². The maximum absolute atomic E-state index is 13.1. The number of hydrogen-bond acceptors (Lipinski definition) is 6. The summed E-state index contributed by atoms with van der Waals surface area (Å²) in [6.07, 6.45) is 12.2. The largest absolute Gasteiger partial charge is 0.321 e. The van der Waals surface area contributed by atoms with Crippen LogP contribution in [-0.2, 0) is 0 Å². The summed E-state index contributed by atoms with van der Waals surface area (Å²) in [6.45, 7) is 7.07. The zero-order valence-electron chi connectivity index (χ0n) is 30.6. The molecule has 0 atom stereocenters. The van der Waals surface area contributed by atoms with Crippen LogP contribution in [0, 0.1) is 6.57 Å². The average Bonchev–Trinajstić information content (AvgIpc) is 3.25. The third-order valence-electron chi connectivity index (χ3n) is 9.02. The summed E-state index contributed by atoms with van der Waals surface area (Å²) >= 11 is 15.8. The predicted octanol–water partition coefficient (Wildman–Crippen LogP) is 11.6. The van der Waals surface area contributed by atoms with Gasteiger partial charge in [0.15, 0.2) is 11.6 Å². The number of aromatic nitrogens is 4. The summed E-state index contributed by atoms with van der Waals surface area (Å²) in [6, 6.07) is 32.4. The average molecular weight is 878 g/mol. The van der Waals surface area contributed by atoms with Crippen LogP contribution >= 0.6 is 39.1 Å². The van der Waals surface area contributed by atoms with Gasteiger partial charge >= 0.3 is 0 Å². The second kappa shape index (κ2) is 18.1. The molecule has 0 spiro atoms. The Morgan fingerprint density at radius 2 is 1.07 bits per heavy atom. The monoisotopic (exact) mass is 875 g/mol. The molecule has 59 heavy (non-hydrogen) atoms. The van der Waals surface area contributed by atoms with Gasteiger partial charge in [0, 0.05) is 72.2 Å². The van der Waals surface area contributed by atoms with Crippen molar-refractivity contribution in [3.05, 3.63) is 215 Å². The quantitative estimate of drug-likeness (QED) is 0.0888. The second-order valence-corrected chi connectivity index (χ2v) is 14.7. The van der Waals surface area contributed by atoms with Crippen molar-refractivity contribution in [3.63, 3.8) is 0 Å². The fourth-order valence-electron chi connectivity index (χ4n) is 6.44. The molecule has 12 heteroatoms. The van der Waals surface area contributed by atoms with Gasteiger partial charge in [-0.1, -0.05) is 89.9 Å². The number of nitrogens with zero attached hydrogens (tertiary/aromatic N) is 3. The molecule has 0 aliphatic carbocycles. The fourth-order valence-corrected chi connectivity index (χ4v) is 7.16. The number of H-pyrrole nitrogens is 2. The van der Waals surface area contributed by atoms with Crippen LogP contribution in [0.5, 0.6) is 0 Å². The van der Waals surface area contributed by atoms with Crippen LogP contribution in [0.1, 0.15) is 31.8 Å². The van der Waals surface area contributed by atoms with Crippen molar-refractivity contribution in [3.8, 4) is 22.3 Å². The van der Waals surface area contributed by atoms with Crippen molar-refractivity contribution >= 4 is 90.3 Å². The summed E-state index contributed by atoms with van der Waals surface area (Å²) in [4.78, 5) is 68.8. The predicted molar refractivity (Wildman–Crippen MR) is 239 cm³/mol. The van der Waals surface area contributed by atoms with Crippen LogP contribution in [0.3, 0.4) is 0 Å². The van der Waals surface area contributed by atoms with E-state index in [0.717, 1.165) is 21.2 Å². The van der Waals surface area contributed by atoms with Gasteiger partial charge in [-0.15, -0.1) is 0 Å². The normalized spacial score (nSPS) is 11.1. The number of fused-ring (bicyclic) bond motifs is 2. The number of nitrogens with one attached hydrogen (secondary N) is 2. The van der Waals surface area contributed by atoms with Gasteiger partial charge in [-0.3, -0.25) is 29.1 Å². The van der Waals surface area contributed by atoms with Crippen molar-refractivity contribution in [2.75, 3.05) is 0 Å². The number of halogens is 3. The molecule has 0 saturated carbocycles. The Hall–Kier alpha value is -7.03. The van der Waals surface area contributed by atoms with Crippen molar-refractivity contribution in [2.45, 2.75) is 0 Å². The van der Waals surface area contributed by atoms with Gasteiger partial charge in [-0.2, -0.15) is 0 Å². The molecule has 0 aliphatic rings. The Bertz CT molecular complexity index is 3140. The first kappa shape index (κ1) is 40.2. The van der Waals surface area contributed by atoms with Crippen molar-refractivity contribution in [1.29, 1.82) is 0 Å². The lowest BCUT2D eigenvalue weighted by molar-refractivity contribution is 0.103. The van der Waals surface area contributed by atoms with Crippen LogP contribution < -0.4 is 11.1 Å². The Labute approximate surface area is 355 Å². The zero-order valence-corrected chi connectivity index (χ0v) is 33.7. The smallest absolute Gasteiger partial charge is 0.260 e. The van der Waals surface area contributed by atoms with Crippen molar-refractivity contribution in [2.24, 2.45) is 0 Å². The van der Waals surface area contributed by atoms with E-state index < -0.39 is 22.7 Å². The summed E-state index contributed by atoms with van der Waals surface area (Å²) in [5, 5.41) is 2.42. The van der Waals surface area contributed by atoms with E-state index in [1.807, 2.05) is 66.7 Å². The van der Waals surface area contributed by atoms with Gasteiger partial charge in [0.25, 0.3) is 11.1 Å². The first-order valence-electron chi connectivity index (χ1n) is 17.8. The molecular weight excluding hydrogens is 849 g/mol. The first-order valence-corrected chi connectivity index (χ1v) is 19.3. The number of aromatic amines is 2. The highest BCUT2D eigenvalue weighted by molar-refractivity contribution is 9.10. The fraction of sp³-hybridized carbons (Fsp3) is 0. The van der Waals surface area contributed by atoms with E-state index in [4.69, 9.17) is 29.8 Å². The lowest BCUT2D eigenvalue weighted by Gasteiger charge is -2.11. The molecule has 0 saturated heterocycles. The SMILES string of the molecule is O=C(/C=C/c1cncc(Br)c1)c1c(-c2ccccc2)c2cc(Cl)ccc2[nH]c1=O.[C-]#[N+]c1cncc(/C=C/C(=O)c2c(-c3ccccc3)c3cc(Cl)ccc3[nH]c2=O)c1. The molecule has 2 N–H and O–H groups in total. The van der Waals surface area contributed by atoms with Gasteiger partial charge in [-0.05, 0) is 105 Å². The maximum atomic E-state index is 13.1. The molecular formula is C47H28BrCl2N5O4. The number of benzene rings is 4. The van der Waals surface area contributed by atoms with E-state index in [-0.39, 0.29) is 11.1 Å². The minimum absolute atomic E-state index is 0.0292. The third kappa shape index (κ3) is 9.25. The van der Waals surface area contributed by atoms with E-state index in [9.17, 15) is 19.2 Å².